The van der Waals surface area contributed by atoms with Crippen LogP contribution < -0.4 is 10.5 Å². The molecule has 0 aliphatic rings. The van der Waals surface area contributed by atoms with Gasteiger partial charge in [0, 0.05) is 6.07 Å². The van der Waals surface area contributed by atoms with Crippen molar-refractivity contribution in [3.05, 3.63) is 11.9 Å². The van der Waals surface area contributed by atoms with Crippen molar-refractivity contribution in [1.82, 2.24) is 9.97 Å². The molecule has 0 aromatic carbocycles. The van der Waals surface area contributed by atoms with Gasteiger partial charge in [-0.1, -0.05) is 6.92 Å². The number of nitrogens with two attached hydrogens (primary N) is 1. The van der Waals surface area contributed by atoms with Gasteiger partial charge < -0.3 is 10.5 Å². The van der Waals surface area contributed by atoms with Gasteiger partial charge in [0.1, 0.15) is 11.6 Å². The summed E-state index contributed by atoms with van der Waals surface area (Å²) in [4.78, 5) is 8.06. The van der Waals surface area contributed by atoms with Crippen molar-refractivity contribution < 1.29 is 4.74 Å². The lowest BCUT2D eigenvalue weighted by Crippen LogP contribution is -2.11. The van der Waals surface area contributed by atoms with Crippen molar-refractivity contribution in [2.45, 2.75) is 33.3 Å². The molecule has 4 heteroatoms. The Hall–Kier alpha value is -1.32. The topological polar surface area (TPSA) is 61.0 Å². The molecule has 0 spiro atoms. The van der Waals surface area contributed by atoms with Gasteiger partial charge >= 0.3 is 0 Å². The molecule has 0 bridgehead atoms. The molecule has 1 aromatic heterocycles. The predicted octanol–water partition coefficient (Wildman–Crippen LogP) is 1.54. The lowest BCUT2D eigenvalue weighted by atomic mass is 10.3. The molecule has 0 saturated carbocycles. The van der Waals surface area contributed by atoms with Crippen LogP contribution in [0.1, 0.15) is 26.1 Å². The molecule has 1 atom stereocenters. The van der Waals surface area contributed by atoms with Crippen molar-refractivity contribution in [2.24, 2.45) is 0 Å². The van der Waals surface area contributed by atoms with Gasteiger partial charge in [0.2, 0.25) is 5.88 Å². The largest absolute Gasteiger partial charge is 0.475 e. The van der Waals surface area contributed by atoms with E-state index in [1.54, 1.807) is 13.0 Å². The van der Waals surface area contributed by atoms with E-state index in [9.17, 15) is 0 Å². The Labute approximate surface area is 78.1 Å². The van der Waals surface area contributed by atoms with Crippen LogP contribution in [0.25, 0.3) is 0 Å². The maximum absolute atomic E-state index is 5.55. The fourth-order valence-corrected chi connectivity index (χ4v) is 0.912. The summed E-state index contributed by atoms with van der Waals surface area (Å²) in [5.41, 5.74) is 5.55. The van der Waals surface area contributed by atoms with Crippen LogP contribution in [0.2, 0.25) is 0 Å². The summed E-state index contributed by atoms with van der Waals surface area (Å²) in [6.45, 7) is 5.84. The van der Waals surface area contributed by atoms with Gasteiger partial charge in [0.15, 0.2) is 0 Å². The van der Waals surface area contributed by atoms with Crippen LogP contribution in [-0.2, 0) is 0 Å². The van der Waals surface area contributed by atoms with E-state index >= 15 is 0 Å². The number of rotatable bonds is 3. The molecule has 4 nitrogen and oxygen atoms in total. The third-order valence-corrected chi connectivity index (χ3v) is 1.73. The molecule has 13 heavy (non-hydrogen) atoms. The summed E-state index contributed by atoms with van der Waals surface area (Å²) in [5, 5.41) is 0. The minimum absolute atomic E-state index is 0.161. The fourth-order valence-electron chi connectivity index (χ4n) is 0.912. The standard InChI is InChI=1S/C9H15N3O/c1-4-6(2)13-9-5-8(10)11-7(3)12-9/h5-6H,4H2,1-3H3,(H2,10,11,12). The van der Waals surface area contributed by atoms with E-state index in [1.165, 1.54) is 0 Å². The molecule has 72 valence electrons. The SMILES string of the molecule is CCC(C)Oc1cc(N)nc(C)n1. The number of hydrogen-bond acceptors (Lipinski definition) is 4. The number of nitrogens with zero attached hydrogens (tertiary/aromatic N) is 2. The van der Waals surface area contributed by atoms with Gasteiger partial charge in [-0.05, 0) is 20.3 Å². The zero-order chi connectivity index (χ0) is 9.84. The maximum Gasteiger partial charge on any atom is 0.218 e. The monoisotopic (exact) mass is 181 g/mol. The lowest BCUT2D eigenvalue weighted by molar-refractivity contribution is 0.208. The molecule has 0 radical (unpaired) electrons. The van der Waals surface area contributed by atoms with Gasteiger partial charge in [-0.15, -0.1) is 0 Å². The van der Waals surface area contributed by atoms with Crippen LogP contribution in [0.15, 0.2) is 6.07 Å². The summed E-state index contributed by atoms with van der Waals surface area (Å²) in [5.74, 6) is 1.64. The van der Waals surface area contributed by atoms with Crippen molar-refractivity contribution in [1.29, 1.82) is 0 Å². The zero-order valence-corrected chi connectivity index (χ0v) is 8.24. The Morgan fingerprint density at radius 1 is 1.54 bits per heavy atom. The van der Waals surface area contributed by atoms with Gasteiger partial charge in [-0.3, -0.25) is 0 Å². The smallest absolute Gasteiger partial charge is 0.218 e. The van der Waals surface area contributed by atoms with Crippen molar-refractivity contribution in [3.63, 3.8) is 0 Å². The normalized spacial score (nSPS) is 12.5. The van der Waals surface area contributed by atoms with Gasteiger partial charge in [0.25, 0.3) is 0 Å². The van der Waals surface area contributed by atoms with E-state index in [4.69, 9.17) is 10.5 Å². The number of hydrogen-bond donors (Lipinski definition) is 1. The molecule has 0 fully saturated rings. The molecule has 0 aliphatic carbocycles. The molecule has 0 saturated heterocycles. The number of anilines is 1. The Balaban J connectivity index is 2.77. The van der Waals surface area contributed by atoms with E-state index in [2.05, 4.69) is 16.9 Å². The van der Waals surface area contributed by atoms with Crippen molar-refractivity contribution >= 4 is 5.82 Å². The van der Waals surface area contributed by atoms with Crippen LogP contribution in [0.5, 0.6) is 5.88 Å². The van der Waals surface area contributed by atoms with Gasteiger partial charge in [-0.25, -0.2) is 4.98 Å². The maximum atomic E-state index is 5.55. The number of aryl methyl sites for hydroxylation is 1. The molecule has 1 rings (SSSR count). The third-order valence-electron chi connectivity index (χ3n) is 1.73. The zero-order valence-electron chi connectivity index (χ0n) is 8.24. The molecule has 2 N–H and O–H groups in total. The minimum Gasteiger partial charge on any atom is -0.475 e. The number of nitrogen functional groups attached to an aromatic ring is 1. The van der Waals surface area contributed by atoms with E-state index in [-0.39, 0.29) is 6.10 Å². The van der Waals surface area contributed by atoms with Crippen LogP contribution in [0.4, 0.5) is 5.82 Å². The average Bonchev–Trinajstić information content (AvgIpc) is 2.02. The number of ether oxygens (including phenoxy) is 1. The minimum atomic E-state index is 0.161. The first-order valence-electron chi connectivity index (χ1n) is 4.39. The third kappa shape index (κ3) is 2.89. The molecular weight excluding hydrogens is 166 g/mol. The molecule has 1 unspecified atom stereocenters. The summed E-state index contributed by atoms with van der Waals surface area (Å²) in [6.07, 6.45) is 1.11. The summed E-state index contributed by atoms with van der Waals surface area (Å²) in [7, 11) is 0. The first-order chi connectivity index (χ1) is 6.11. The Morgan fingerprint density at radius 2 is 2.23 bits per heavy atom. The van der Waals surface area contributed by atoms with Crippen molar-refractivity contribution in [3.8, 4) is 5.88 Å². The molecule has 1 aromatic rings. The Morgan fingerprint density at radius 3 is 2.77 bits per heavy atom. The Bertz CT molecular complexity index is 268. The highest BCUT2D eigenvalue weighted by Crippen LogP contribution is 2.12. The molecule has 1 heterocycles. The quantitative estimate of drug-likeness (QED) is 0.768. The second-order valence-corrected chi connectivity index (χ2v) is 3.01. The first-order valence-corrected chi connectivity index (χ1v) is 4.39. The average molecular weight is 181 g/mol. The van der Waals surface area contributed by atoms with E-state index in [0.29, 0.717) is 17.5 Å². The molecular formula is C9H15N3O. The highest BCUT2D eigenvalue weighted by atomic mass is 16.5. The fraction of sp³-hybridized carbons (Fsp3) is 0.556. The predicted molar refractivity (Wildman–Crippen MR) is 51.6 cm³/mol. The van der Waals surface area contributed by atoms with Gasteiger partial charge in [0.05, 0.1) is 6.10 Å². The number of aromatic nitrogens is 2. The summed E-state index contributed by atoms with van der Waals surface area (Å²) in [6, 6.07) is 1.64. The van der Waals surface area contributed by atoms with E-state index in [1.807, 2.05) is 6.92 Å². The lowest BCUT2D eigenvalue weighted by Gasteiger charge is -2.11. The van der Waals surface area contributed by atoms with Crippen LogP contribution in [0, 0.1) is 6.92 Å². The van der Waals surface area contributed by atoms with Crippen LogP contribution >= 0.6 is 0 Å². The second kappa shape index (κ2) is 4.07. The van der Waals surface area contributed by atoms with Crippen LogP contribution in [0.3, 0.4) is 0 Å². The summed E-state index contributed by atoms with van der Waals surface area (Å²) < 4.78 is 5.49. The highest BCUT2D eigenvalue weighted by Gasteiger charge is 2.04. The Kier molecular flexibility index (Phi) is 3.06. The highest BCUT2D eigenvalue weighted by molar-refractivity contribution is 5.32. The molecule has 0 aliphatic heterocycles. The van der Waals surface area contributed by atoms with E-state index in [0.717, 1.165) is 6.42 Å². The second-order valence-electron chi connectivity index (χ2n) is 3.01. The first kappa shape index (κ1) is 9.77. The van der Waals surface area contributed by atoms with E-state index < -0.39 is 0 Å². The summed E-state index contributed by atoms with van der Waals surface area (Å²) >= 11 is 0. The van der Waals surface area contributed by atoms with Crippen LogP contribution in [-0.4, -0.2) is 16.1 Å². The van der Waals surface area contributed by atoms with Crippen molar-refractivity contribution in [2.75, 3.05) is 5.73 Å². The molecule has 0 amide bonds. The van der Waals surface area contributed by atoms with Gasteiger partial charge in [-0.2, -0.15) is 4.98 Å².